The number of aromatic carboxylic acids is 1. The van der Waals surface area contributed by atoms with Crippen LogP contribution in [0, 0.1) is 0 Å². The third kappa shape index (κ3) is 3.68. The van der Waals surface area contributed by atoms with Gasteiger partial charge in [-0.3, -0.25) is 4.90 Å². The average molecular weight is 293 g/mol. The third-order valence-corrected chi connectivity index (χ3v) is 3.10. The van der Waals surface area contributed by atoms with Crippen molar-refractivity contribution >= 4 is 12.1 Å². The zero-order valence-corrected chi connectivity index (χ0v) is 12.4. The van der Waals surface area contributed by atoms with Crippen molar-refractivity contribution in [2.24, 2.45) is 0 Å². The van der Waals surface area contributed by atoms with Crippen molar-refractivity contribution in [1.29, 1.82) is 0 Å². The van der Waals surface area contributed by atoms with E-state index in [0.29, 0.717) is 12.4 Å². The van der Waals surface area contributed by atoms with Gasteiger partial charge in [0.1, 0.15) is 5.60 Å². The summed E-state index contributed by atoms with van der Waals surface area (Å²) in [5.74, 6) is -0.625. The lowest BCUT2D eigenvalue weighted by Gasteiger charge is -2.27. The molecule has 0 bridgehead atoms. The summed E-state index contributed by atoms with van der Waals surface area (Å²) in [6, 6.07) is -0.261. The van der Waals surface area contributed by atoms with Gasteiger partial charge in [-0.25, -0.2) is 19.6 Å². The summed E-state index contributed by atoms with van der Waals surface area (Å²) in [5.41, 5.74) is -0.529. The molecule has 1 amide bonds. The molecule has 1 aromatic heterocycles. The molecule has 1 unspecified atom stereocenters. The van der Waals surface area contributed by atoms with Gasteiger partial charge in [-0.1, -0.05) is 0 Å². The Hall–Kier alpha value is -2.18. The van der Waals surface area contributed by atoms with Crippen LogP contribution >= 0.6 is 0 Å². The van der Waals surface area contributed by atoms with Crippen LogP contribution in [0.1, 0.15) is 55.8 Å². The van der Waals surface area contributed by atoms with Gasteiger partial charge in [0.15, 0.2) is 5.82 Å². The molecule has 1 fully saturated rings. The largest absolute Gasteiger partial charge is 0.478 e. The second-order valence-electron chi connectivity index (χ2n) is 5.97. The van der Waals surface area contributed by atoms with Crippen molar-refractivity contribution in [1.82, 2.24) is 14.9 Å². The van der Waals surface area contributed by atoms with Crippen LogP contribution in [0.3, 0.4) is 0 Å². The summed E-state index contributed by atoms with van der Waals surface area (Å²) in [6.07, 6.45) is 3.71. The van der Waals surface area contributed by atoms with Crippen LogP contribution in [0.2, 0.25) is 0 Å². The van der Waals surface area contributed by atoms with Gasteiger partial charge in [0, 0.05) is 18.9 Å². The molecule has 21 heavy (non-hydrogen) atoms. The van der Waals surface area contributed by atoms with Crippen molar-refractivity contribution in [3.8, 4) is 0 Å². The van der Waals surface area contributed by atoms with Crippen LogP contribution < -0.4 is 0 Å². The first-order valence-electron chi connectivity index (χ1n) is 6.83. The zero-order valence-electron chi connectivity index (χ0n) is 12.4. The summed E-state index contributed by atoms with van der Waals surface area (Å²) in [7, 11) is 0. The summed E-state index contributed by atoms with van der Waals surface area (Å²) >= 11 is 0. The van der Waals surface area contributed by atoms with Gasteiger partial charge in [-0.05, 0) is 33.6 Å². The Morgan fingerprint density at radius 2 is 1.95 bits per heavy atom. The molecule has 0 aliphatic carbocycles. The van der Waals surface area contributed by atoms with E-state index >= 15 is 0 Å². The molecule has 7 nitrogen and oxygen atoms in total. The quantitative estimate of drug-likeness (QED) is 0.899. The zero-order chi connectivity index (χ0) is 15.6. The SMILES string of the molecule is CC(C)(C)OC(=O)N1CCCC1c1ncc(C(=O)O)cn1. The van der Waals surface area contributed by atoms with E-state index in [9.17, 15) is 9.59 Å². The molecular formula is C14H19N3O4. The molecule has 0 aromatic carbocycles. The summed E-state index contributed by atoms with van der Waals surface area (Å²) < 4.78 is 5.37. The minimum atomic E-state index is -1.07. The number of carbonyl (C=O) groups is 2. The Kier molecular flexibility index (Phi) is 4.11. The maximum Gasteiger partial charge on any atom is 0.410 e. The van der Waals surface area contributed by atoms with Gasteiger partial charge in [0.25, 0.3) is 0 Å². The van der Waals surface area contributed by atoms with Crippen LogP contribution in [0.5, 0.6) is 0 Å². The van der Waals surface area contributed by atoms with Crippen LogP contribution in [0.15, 0.2) is 12.4 Å². The fourth-order valence-corrected chi connectivity index (χ4v) is 2.19. The summed E-state index contributed by atoms with van der Waals surface area (Å²) in [5, 5.41) is 8.84. The average Bonchev–Trinajstić information content (AvgIpc) is 2.86. The van der Waals surface area contributed by atoms with Crippen molar-refractivity contribution in [2.75, 3.05) is 6.54 Å². The number of nitrogens with zero attached hydrogens (tertiary/aromatic N) is 3. The van der Waals surface area contributed by atoms with E-state index in [-0.39, 0.29) is 11.6 Å². The fraction of sp³-hybridized carbons (Fsp3) is 0.571. The summed E-state index contributed by atoms with van der Waals surface area (Å²) in [6.45, 7) is 6.03. The molecule has 2 heterocycles. The Bertz CT molecular complexity index is 536. The number of hydrogen-bond acceptors (Lipinski definition) is 5. The first kappa shape index (κ1) is 15.2. The van der Waals surface area contributed by atoms with Crippen LogP contribution in [0.25, 0.3) is 0 Å². The highest BCUT2D eigenvalue weighted by molar-refractivity contribution is 5.86. The van der Waals surface area contributed by atoms with E-state index in [1.165, 1.54) is 12.4 Å². The number of aromatic nitrogens is 2. The van der Waals surface area contributed by atoms with Crippen molar-refractivity contribution in [3.63, 3.8) is 0 Å². The highest BCUT2D eigenvalue weighted by Crippen LogP contribution is 2.31. The van der Waals surface area contributed by atoms with E-state index in [4.69, 9.17) is 9.84 Å². The molecule has 0 spiro atoms. The van der Waals surface area contributed by atoms with Crippen LogP contribution in [-0.2, 0) is 4.74 Å². The first-order chi connectivity index (χ1) is 9.78. The van der Waals surface area contributed by atoms with Crippen LogP contribution in [-0.4, -0.2) is 44.2 Å². The summed E-state index contributed by atoms with van der Waals surface area (Å²) in [4.78, 5) is 32.7. The van der Waals surface area contributed by atoms with Crippen molar-refractivity contribution in [2.45, 2.75) is 45.3 Å². The van der Waals surface area contributed by atoms with E-state index in [1.807, 2.05) is 20.8 Å². The number of carboxylic acid groups (broad SMARTS) is 1. The highest BCUT2D eigenvalue weighted by atomic mass is 16.6. The van der Waals surface area contributed by atoms with Gasteiger partial charge < -0.3 is 9.84 Å². The maximum atomic E-state index is 12.2. The number of likely N-dealkylation sites (tertiary alicyclic amines) is 1. The molecule has 7 heteroatoms. The van der Waals surface area contributed by atoms with Crippen molar-refractivity contribution < 1.29 is 19.4 Å². The van der Waals surface area contributed by atoms with Gasteiger partial charge in [-0.15, -0.1) is 0 Å². The molecule has 0 radical (unpaired) electrons. The molecular weight excluding hydrogens is 274 g/mol. The predicted molar refractivity (Wildman–Crippen MR) is 73.9 cm³/mol. The molecule has 0 saturated carbocycles. The Balaban J connectivity index is 2.14. The fourth-order valence-electron chi connectivity index (χ4n) is 2.19. The number of carbonyl (C=O) groups excluding carboxylic acids is 1. The van der Waals surface area contributed by atoms with Crippen LogP contribution in [0.4, 0.5) is 4.79 Å². The smallest absolute Gasteiger partial charge is 0.410 e. The van der Waals surface area contributed by atoms with Gasteiger partial charge >= 0.3 is 12.1 Å². The van der Waals surface area contributed by atoms with E-state index in [1.54, 1.807) is 4.90 Å². The Morgan fingerprint density at radius 3 is 2.48 bits per heavy atom. The molecule has 2 rings (SSSR count). The highest BCUT2D eigenvalue weighted by Gasteiger charge is 2.34. The van der Waals surface area contributed by atoms with E-state index < -0.39 is 17.7 Å². The first-order valence-corrected chi connectivity index (χ1v) is 6.83. The predicted octanol–water partition coefficient (Wildman–Crippen LogP) is 2.25. The lowest BCUT2D eigenvalue weighted by molar-refractivity contribution is 0.0217. The topological polar surface area (TPSA) is 92.6 Å². The number of ether oxygens (including phenoxy) is 1. The molecule has 1 aromatic rings. The molecule has 1 saturated heterocycles. The number of carboxylic acids is 1. The molecule has 114 valence electrons. The Morgan fingerprint density at radius 1 is 1.33 bits per heavy atom. The lowest BCUT2D eigenvalue weighted by Crippen LogP contribution is -2.36. The second kappa shape index (κ2) is 5.67. The number of hydrogen-bond donors (Lipinski definition) is 1. The van der Waals surface area contributed by atoms with Gasteiger partial charge in [-0.2, -0.15) is 0 Å². The van der Waals surface area contributed by atoms with E-state index in [2.05, 4.69) is 9.97 Å². The number of amides is 1. The maximum absolute atomic E-state index is 12.2. The third-order valence-electron chi connectivity index (χ3n) is 3.10. The van der Waals surface area contributed by atoms with Gasteiger partial charge in [0.05, 0.1) is 11.6 Å². The molecule has 1 aliphatic rings. The standard InChI is InChI=1S/C14H19N3O4/c1-14(2,3)21-13(20)17-6-4-5-10(17)11-15-7-9(8-16-11)12(18)19/h7-8,10H,4-6H2,1-3H3,(H,18,19). The number of rotatable bonds is 2. The van der Waals surface area contributed by atoms with Crippen molar-refractivity contribution in [3.05, 3.63) is 23.8 Å². The molecule has 1 aliphatic heterocycles. The van der Waals surface area contributed by atoms with E-state index in [0.717, 1.165) is 12.8 Å². The lowest BCUT2D eigenvalue weighted by atomic mass is 10.2. The second-order valence-corrected chi connectivity index (χ2v) is 5.97. The minimum Gasteiger partial charge on any atom is -0.478 e. The Labute approximate surface area is 123 Å². The normalized spacial score (nSPS) is 18.6. The van der Waals surface area contributed by atoms with Gasteiger partial charge in [0.2, 0.25) is 0 Å². The minimum absolute atomic E-state index is 0.0283. The molecule has 1 atom stereocenters. The monoisotopic (exact) mass is 293 g/mol. The molecule has 1 N–H and O–H groups in total.